The van der Waals surface area contributed by atoms with Crippen molar-refractivity contribution < 1.29 is 14.7 Å². The number of amides is 2. The third-order valence-electron chi connectivity index (χ3n) is 2.97. The average molecular weight is 228 g/mol. The molecule has 1 saturated carbocycles. The van der Waals surface area contributed by atoms with E-state index in [0.29, 0.717) is 13.0 Å². The van der Waals surface area contributed by atoms with Gasteiger partial charge in [0, 0.05) is 38.5 Å². The van der Waals surface area contributed by atoms with Gasteiger partial charge in [-0.3, -0.25) is 9.59 Å². The molecule has 3 N–H and O–H groups in total. The number of aliphatic hydroxyl groups is 1. The van der Waals surface area contributed by atoms with E-state index >= 15 is 0 Å². The van der Waals surface area contributed by atoms with Crippen molar-refractivity contribution >= 4 is 11.8 Å². The summed E-state index contributed by atoms with van der Waals surface area (Å²) in [4.78, 5) is 22.1. The molecule has 1 aliphatic rings. The fourth-order valence-electron chi connectivity index (χ4n) is 2.08. The fourth-order valence-corrected chi connectivity index (χ4v) is 2.08. The Labute approximate surface area is 95.6 Å². The summed E-state index contributed by atoms with van der Waals surface area (Å²) in [6, 6.07) is 0.106. The van der Waals surface area contributed by atoms with Gasteiger partial charge in [-0.25, -0.2) is 0 Å². The molecule has 0 saturated heterocycles. The predicted octanol–water partition coefficient (Wildman–Crippen LogP) is -0.210. The number of rotatable bonds is 5. The molecule has 1 fully saturated rings. The van der Waals surface area contributed by atoms with E-state index in [4.69, 9.17) is 5.11 Å². The molecule has 2 unspecified atom stereocenters. The van der Waals surface area contributed by atoms with Crippen LogP contribution < -0.4 is 10.6 Å². The summed E-state index contributed by atoms with van der Waals surface area (Å²) in [6.45, 7) is 1.94. The minimum absolute atomic E-state index is 0.0564. The van der Waals surface area contributed by atoms with Gasteiger partial charge in [-0.2, -0.15) is 0 Å². The third-order valence-corrected chi connectivity index (χ3v) is 2.97. The first kappa shape index (κ1) is 13.0. The van der Waals surface area contributed by atoms with E-state index in [0.717, 1.165) is 19.3 Å². The highest BCUT2D eigenvalue weighted by atomic mass is 16.3. The maximum Gasteiger partial charge on any atom is 0.221 e. The highest BCUT2D eigenvalue weighted by Gasteiger charge is 2.27. The molecule has 1 aliphatic carbocycles. The Morgan fingerprint density at radius 1 is 1.38 bits per heavy atom. The molecule has 1 rings (SSSR count). The molecule has 2 atom stereocenters. The van der Waals surface area contributed by atoms with E-state index in [9.17, 15) is 9.59 Å². The average Bonchev–Trinajstić information content (AvgIpc) is 2.64. The summed E-state index contributed by atoms with van der Waals surface area (Å²) in [5.41, 5.74) is 0. The minimum atomic E-state index is -0.123. The van der Waals surface area contributed by atoms with Gasteiger partial charge in [0.1, 0.15) is 0 Å². The van der Waals surface area contributed by atoms with Crippen LogP contribution in [0.5, 0.6) is 0 Å². The van der Waals surface area contributed by atoms with Crippen LogP contribution in [0.3, 0.4) is 0 Å². The van der Waals surface area contributed by atoms with Crippen molar-refractivity contribution in [3.05, 3.63) is 0 Å². The lowest BCUT2D eigenvalue weighted by Gasteiger charge is -2.18. The van der Waals surface area contributed by atoms with Crippen molar-refractivity contribution in [3.8, 4) is 0 Å². The van der Waals surface area contributed by atoms with Gasteiger partial charge >= 0.3 is 0 Å². The van der Waals surface area contributed by atoms with Gasteiger partial charge in [0.2, 0.25) is 11.8 Å². The molecule has 0 heterocycles. The molecule has 2 amide bonds. The summed E-state index contributed by atoms with van der Waals surface area (Å²) in [6.07, 6.45) is 3.28. The van der Waals surface area contributed by atoms with Crippen molar-refractivity contribution in [1.29, 1.82) is 0 Å². The Morgan fingerprint density at radius 2 is 2.12 bits per heavy atom. The van der Waals surface area contributed by atoms with Gasteiger partial charge in [-0.05, 0) is 12.8 Å². The van der Waals surface area contributed by atoms with Crippen LogP contribution in [0.25, 0.3) is 0 Å². The molecule has 92 valence electrons. The van der Waals surface area contributed by atoms with Crippen molar-refractivity contribution in [2.45, 2.75) is 38.6 Å². The topological polar surface area (TPSA) is 78.4 Å². The van der Waals surface area contributed by atoms with Gasteiger partial charge < -0.3 is 15.7 Å². The van der Waals surface area contributed by atoms with Crippen LogP contribution in [-0.4, -0.2) is 36.1 Å². The van der Waals surface area contributed by atoms with Crippen molar-refractivity contribution in [2.24, 2.45) is 5.92 Å². The maximum absolute atomic E-state index is 11.5. The van der Waals surface area contributed by atoms with Crippen LogP contribution >= 0.6 is 0 Å². The van der Waals surface area contributed by atoms with Gasteiger partial charge in [-0.1, -0.05) is 6.42 Å². The largest absolute Gasteiger partial charge is 0.396 e. The van der Waals surface area contributed by atoms with Crippen LogP contribution in [0.1, 0.15) is 32.6 Å². The highest BCUT2D eigenvalue weighted by Crippen LogP contribution is 2.24. The Hall–Kier alpha value is -1.10. The molecule has 0 radical (unpaired) electrons. The zero-order chi connectivity index (χ0) is 12.0. The van der Waals surface area contributed by atoms with Gasteiger partial charge in [0.15, 0.2) is 0 Å². The molecule has 0 aromatic carbocycles. The second-order valence-corrected chi connectivity index (χ2v) is 4.28. The normalized spacial score (nSPS) is 24.1. The highest BCUT2D eigenvalue weighted by molar-refractivity contribution is 5.78. The van der Waals surface area contributed by atoms with Crippen LogP contribution in [0.4, 0.5) is 0 Å². The molecular weight excluding hydrogens is 208 g/mol. The van der Waals surface area contributed by atoms with Crippen molar-refractivity contribution in [3.63, 3.8) is 0 Å². The predicted molar refractivity (Wildman–Crippen MR) is 59.7 cm³/mol. The fraction of sp³-hybridized carbons (Fsp3) is 0.818. The van der Waals surface area contributed by atoms with Crippen LogP contribution in [-0.2, 0) is 9.59 Å². The Morgan fingerprint density at radius 3 is 2.75 bits per heavy atom. The van der Waals surface area contributed by atoms with Crippen LogP contribution in [0.15, 0.2) is 0 Å². The van der Waals surface area contributed by atoms with E-state index in [1.165, 1.54) is 6.92 Å². The van der Waals surface area contributed by atoms with Crippen molar-refractivity contribution in [2.75, 3.05) is 13.2 Å². The maximum atomic E-state index is 11.5. The molecule has 5 nitrogen and oxygen atoms in total. The van der Waals surface area contributed by atoms with Gasteiger partial charge in [0.25, 0.3) is 0 Å². The van der Waals surface area contributed by atoms with Gasteiger partial charge in [0.05, 0.1) is 0 Å². The van der Waals surface area contributed by atoms with E-state index in [-0.39, 0.29) is 30.4 Å². The second-order valence-electron chi connectivity index (χ2n) is 4.28. The summed E-state index contributed by atoms with van der Waals surface area (Å²) < 4.78 is 0. The number of aliphatic hydroxyl groups excluding tert-OH is 1. The van der Waals surface area contributed by atoms with E-state index in [2.05, 4.69) is 10.6 Å². The Balaban J connectivity index is 2.20. The van der Waals surface area contributed by atoms with E-state index in [1.54, 1.807) is 0 Å². The Bertz CT molecular complexity index is 256. The quantitative estimate of drug-likeness (QED) is 0.609. The molecule has 0 bridgehead atoms. The van der Waals surface area contributed by atoms with E-state index in [1.807, 2.05) is 0 Å². The summed E-state index contributed by atoms with van der Waals surface area (Å²) >= 11 is 0. The number of hydrogen-bond acceptors (Lipinski definition) is 3. The zero-order valence-electron chi connectivity index (χ0n) is 9.66. The molecule has 0 spiro atoms. The zero-order valence-corrected chi connectivity index (χ0v) is 9.66. The monoisotopic (exact) mass is 228 g/mol. The molecule has 0 aromatic rings. The lowest BCUT2D eigenvalue weighted by molar-refractivity contribution is -0.122. The molecule has 0 aliphatic heterocycles. The molecule has 5 heteroatoms. The van der Waals surface area contributed by atoms with Crippen LogP contribution in [0, 0.1) is 5.92 Å². The lowest BCUT2D eigenvalue weighted by Crippen LogP contribution is -2.39. The van der Waals surface area contributed by atoms with E-state index < -0.39 is 0 Å². The smallest absolute Gasteiger partial charge is 0.221 e. The third kappa shape index (κ3) is 4.18. The molecular formula is C11H20N2O3. The second kappa shape index (κ2) is 6.48. The SMILES string of the molecule is CC(=O)NCCC(=O)NC1CCCC1CO. The number of hydrogen-bond donors (Lipinski definition) is 3. The Kier molecular flexibility index (Phi) is 5.25. The summed E-state index contributed by atoms with van der Waals surface area (Å²) in [5.74, 6) is 0.0192. The minimum Gasteiger partial charge on any atom is -0.396 e. The lowest BCUT2D eigenvalue weighted by atomic mass is 10.1. The number of nitrogens with one attached hydrogen (secondary N) is 2. The van der Waals surface area contributed by atoms with Gasteiger partial charge in [-0.15, -0.1) is 0 Å². The molecule has 0 aromatic heterocycles. The molecule has 16 heavy (non-hydrogen) atoms. The summed E-state index contributed by atoms with van der Waals surface area (Å²) in [7, 11) is 0. The standard InChI is InChI=1S/C11H20N2O3/c1-8(15)12-6-5-11(16)13-10-4-2-3-9(10)7-14/h9-10,14H,2-7H2,1H3,(H,12,15)(H,13,16). The van der Waals surface area contributed by atoms with Crippen molar-refractivity contribution in [1.82, 2.24) is 10.6 Å². The number of carbonyl (C=O) groups excluding carboxylic acids is 2. The van der Waals surface area contributed by atoms with Crippen LogP contribution in [0.2, 0.25) is 0 Å². The first-order chi connectivity index (χ1) is 7.63. The summed E-state index contributed by atoms with van der Waals surface area (Å²) in [5, 5.41) is 14.6. The first-order valence-corrected chi connectivity index (χ1v) is 5.78. The number of carbonyl (C=O) groups is 2. The first-order valence-electron chi connectivity index (χ1n) is 5.78.